The summed E-state index contributed by atoms with van der Waals surface area (Å²) in [7, 11) is 1.85. The molecule has 1 aliphatic rings. The number of rotatable bonds is 7. The van der Waals surface area contributed by atoms with Crippen molar-refractivity contribution in [3.05, 3.63) is 35.4 Å². The molecule has 0 spiro atoms. The third-order valence-electron chi connectivity index (χ3n) is 6.17. The maximum Gasteiger partial charge on any atom is 0.405 e. The summed E-state index contributed by atoms with van der Waals surface area (Å²) in [6.45, 7) is 5.39. The fourth-order valence-corrected chi connectivity index (χ4v) is 3.76. The fourth-order valence-electron chi connectivity index (χ4n) is 3.76. The number of alkyl halides is 3. The molecule has 0 bridgehead atoms. The highest BCUT2D eigenvalue weighted by Crippen LogP contribution is 2.29. The molecule has 30 heavy (non-hydrogen) atoms. The Morgan fingerprint density at radius 3 is 2.40 bits per heavy atom. The van der Waals surface area contributed by atoms with Crippen LogP contribution < -0.4 is 10.6 Å². The van der Waals surface area contributed by atoms with Gasteiger partial charge in [-0.15, -0.1) is 0 Å². The van der Waals surface area contributed by atoms with Crippen molar-refractivity contribution in [3.8, 4) is 0 Å². The average molecular weight is 428 g/mol. The van der Waals surface area contributed by atoms with Gasteiger partial charge in [-0.25, -0.2) is 0 Å². The van der Waals surface area contributed by atoms with Gasteiger partial charge in [0.1, 0.15) is 6.54 Å². The van der Waals surface area contributed by atoms with Gasteiger partial charge in [-0.2, -0.15) is 13.2 Å². The van der Waals surface area contributed by atoms with Crippen molar-refractivity contribution in [2.45, 2.75) is 64.8 Å². The molecule has 2 rings (SSSR count). The Morgan fingerprint density at radius 2 is 1.80 bits per heavy atom. The summed E-state index contributed by atoms with van der Waals surface area (Å²) in [5, 5.41) is 5.04. The van der Waals surface area contributed by atoms with Gasteiger partial charge in [0.05, 0.1) is 6.04 Å². The monoisotopic (exact) mass is 427 g/mol. The van der Waals surface area contributed by atoms with Gasteiger partial charge in [-0.3, -0.25) is 14.5 Å². The normalized spacial score (nSPS) is 23.1. The summed E-state index contributed by atoms with van der Waals surface area (Å²) >= 11 is 0. The molecule has 1 fully saturated rings. The lowest BCUT2D eigenvalue weighted by molar-refractivity contribution is -0.127. The molecule has 168 valence electrons. The maximum absolute atomic E-state index is 12.7. The first kappa shape index (κ1) is 24.2. The van der Waals surface area contributed by atoms with E-state index in [0.29, 0.717) is 18.4 Å². The van der Waals surface area contributed by atoms with Crippen molar-refractivity contribution in [1.29, 1.82) is 0 Å². The zero-order valence-corrected chi connectivity index (χ0v) is 18.1. The molecule has 5 nitrogen and oxygen atoms in total. The third-order valence-corrected chi connectivity index (χ3v) is 6.17. The number of hydrogen-bond donors (Lipinski definition) is 2. The SMILES string of the molecule is C[C@@H]1[C@H](C)CCC[C@@H]1NC(=O)[C@H](C)N(C)Cc1ccc(C(=O)NCC(F)(F)F)cc1. The van der Waals surface area contributed by atoms with Crippen LogP contribution in [0.1, 0.15) is 56.0 Å². The van der Waals surface area contributed by atoms with Crippen LogP contribution in [0.2, 0.25) is 0 Å². The first-order chi connectivity index (χ1) is 14.0. The van der Waals surface area contributed by atoms with E-state index in [-0.39, 0.29) is 23.6 Å². The molecule has 0 saturated heterocycles. The van der Waals surface area contributed by atoms with Crippen molar-refractivity contribution >= 4 is 11.8 Å². The average Bonchev–Trinajstić information content (AvgIpc) is 2.69. The Morgan fingerprint density at radius 1 is 1.17 bits per heavy atom. The van der Waals surface area contributed by atoms with Crippen LogP contribution in [-0.4, -0.2) is 48.6 Å². The molecule has 4 atom stereocenters. The number of likely N-dealkylation sites (N-methyl/N-ethyl adjacent to an activating group) is 1. The van der Waals surface area contributed by atoms with Crippen LogP contribution in [0.3, 0.4) is 0 Å². The number of halogens is 3. The van der Waals surface area contributed by atoms with Crippen molar-refractivity contribution in [1.82, 2.24) is 15.5 Å². The maximum atomic E-state index is 12.7. The predicted molar refractivity (Wildman–Crippen MR) is 110 cm³/mol. The molecule has 2 N–H and O–H groups in total. The van der Waals surface area contributed by atoms with E-state index in [1.807, 2.05) is 24.2 Å². The van der Waals surface area contributed by atoms with E-state index in [1.165, 1.54) is 18.6 Å². The second-order valence-electron chi connectivity index (χ2n) is 8.47. The van der Waals surface area contributed by atoms with Gasteiger partial charge in [0, 0.05) is 18.2 Å². The molecule has 1 aliphatic carbocycles. The molecular weight excluding hydrogens is 395 g/mol. The van der Waals surface area contributed by atoms with Crippen LogP contribution in [0, 0.1) is 11.8 Å². The molecule has 0 radical (unpaired) electrons. The molecule has 0 aliphatic heterocycles. The van der Waals surface area contributed by atoms with E-state index in [0.717, 1.165) is 18.4 Å². The van der Waals surface area contributed by atoms with Gasteiger partial charge in [0.25, 0.3) is 5.91 Å². The first-order valence-electron chi connectivity index (χ1n) is 10.4. The molecule has 1 aromatic rings. The molecule has 0 aromatic heterocycles. The summed E-state index contributed by atoms with van der Waals surface area (Å²) in [6, 6.07) is 6.23. The topological polar surface area (TPSA) is 61.4 Å². The van der Waals surface area contributed by atoms with Crippen LogP contribution in [0.4, 0.5) is 13.2 Å². The zero-order chi connectivity index (χ0) is 22.5. The number of benzene rings is 1. The number of amides is 2. The van der Waals surface area contributed by atoms with Crippen LogP contribution in [0.5, 0.6) is 0 Å². The van der Waals surface area contributed by atoms with Gasteiger partial charge in [-0.1, -0.05) is 38.8 Å². The highest BCUT2D eigenvalue weighted by Gasteiger charge is 2.30. The van der Waals surface area contributed by atoms with Gasteiger partial charge >= 0.3 is 6.18 Å². The molecule has 0 heterocycles. The molecule has 1 aromatic carbocycles. The van der Waals surface area contributed by atoms with Gasteiger partial charge in [-0.05, 0) is 49.9 Å². The lowest BCUT2D eigenvalue weighted by atomic mass is 9.78. The van der Waals surface area contributed by atoms with E-state index in [2.05, 4.69) is 19.2 Å². The fraction of sp³-hybridized carbons (Fsp3) is 0.636. The van der Waals surface area contributed by atoms with E-state index >= 15 is 0 Å². The molecule has 1 saturated carbocycles. The molecule has 8 heteroatoms. The lowest BCUT2D eigenvalue weighted by Gasteiger charge is -2.36. The highest BCUT2D eigenvalue weighted by atomic mass is 19.4. The summed E-state index contributed by atoms with van der Waals surface area (Å²) in [6.07, 6.45) is -1.11. The van der Waals surface area contributed by atoms with Crippen LogP contribution in [-0.2, 0) is 11.3 Å². The highest BCUT2D eigenvalue weighted by molar-refractivity contribution is 5.94. The van der Waals surface area contributed by atoms with Crippen molar-refractivity contribution in [2.24, 2.45) is 11.8 Å². The Kier molecular flexibility index (Phi) is 8.29. The van der Waals surface area contributed by atoms with Crippen LogP contribution >= 0.6 is 0 Å². The number of nitrogens with zero attached hydrogens (tertiary/aromatic N) is 1. The van der Waals surface area contributed by atoms with Gasteiger partial charge in [0.15, 0.2) is 0 Å². The molecular formula is C22H32F3N3O2. The third kappa shape index (κ3) is 7.00. The molecule has 2 amide bonds. The first-order valence-corrected chi connectivity index (χ1v) is 10.4. The zero-order valence-electron chi connectivity index (χ0n) is 18.1. The second kappa shape index (κ2) is 10.3. The Labute approximate surface area is 176 Å². The Balaban J connectivity index is 1.87. The predicted octanol–water partition coefficient (Wildman–Crippen LogP) is 3.74. The minimum absolute atomic E-state index is 0.00778. The van der Waals surface area contributed by atoms with Crippen LogP contribution in [0.25, 0.3) is 0 Å². The van der Waals surface area contributed by atoms with E-state index in [1.54, 1.807) is 12.1 Å². The number of carbonyl (C=O) groups is 2. The Hall–Kier alpha value is -2.09. The molecule has 0 unspecified atom stereocenters. The van der Waals surface area contributed by atoms with E-state index < -0.39 is 18.6 Å². The van der Waals surface area contributed by atoms with Gasteiger partial charge < -0.3 is 10.6 Å². The van der Waals surface area contributed by atoms with Crippen LogP contribution in [0.15, 0.2) is 24.3 Å². The van der Waals surface area contributed by atoms with Crippen molar-refractivity contribution < 1.29 is 22.8 Å². The smallest absolute Gasteiger partial charge is 0.352 e. The standard InChI is InChI=1S/C22H32F3N3O2/c1-14-6-5-7-19(15(14)2)27-20(29)16(3)28(4)12-17-8-10-18(11-9-17)21(30)26-13-22(23,24)25/h8-11,14-16,19H,5-7,12-13H2,1-4H3,(H,26,30)(H,27,29)/t14-,15-,16+,19+/m1/s1. The number of hydrogen-bond acceptors (Lipinski definition) is 3. The Bertz CT molecular complexity index is 721. The number of nitrogens with one attached hydrogen (secondary N) is 2. The quantitative estimate of drug-likeness (QED) is 0.697. The summed E-state index contributed by atoms with van der Waals surface area (Å²) in [4.78, 5) is 26.4. The summed E-state index contributed by atoms with van der Waals surface area (Å²) < 4.78 is 36.6. The minimum Gasteiger partial charge on any atom is -0.352 e. The van der Waals surface area contributed by atoms with Crippen molar-refractivity contribution in [3.63, 3.8) is 0 Å². The van der Waals surface area contributed by atoms with Gasteiger partial charge in [0.2, 0.25) is 5.91 Å². The minimum atomic E-state index is -4.44. The number of carbonyl (C=O) groups excluding carboxylic acids is 2. The summed E-state index contributed by atoms with van der Waals surface area (Å²) in [5.74, 6) is 0.280. The second-order valence-corrected chi connectivity index (χ2v) is 8.47. The lowest BCUT2D eigenvalue weighted by Crippen LogP contribution is -2.50. The summed E-state index contributed by atoms with van der Waals surface area (Å²) in [5.41, 5.74) is 1.03. The van der Waals surface area contributed by atoms with E-state index in [9.17, 15) is 22.8 Å². The van der Waals surface area contributed by atoms with Crippen molar-refractivity contribution in [2.75, 3.05) is 13.6 Å². The largest absolute Gasteiger partial charge is 0.405 e. The van der Waals surface area contributed by atoms with E-state index in [4.69, 9.17) is 0 Å².